The number of amides is 1. The number of halogens is 2. The maximum absolute atomic E-state index is 12.5. The first-order valence-electron chi connectivity index (χ1n) is 6.96. The van der Waals surface area contributed by atoms with Crippen molar-refractivity contribution in [3.8, 4) is 0 Å². The molecule has 1 saturated heterocycles. The van der Waals surface area contributed by atoms with Crippen molar-refractivity contribution in [1.82, 2.24) is 25.0 Å². The molecule has 122 valence electrons. The Morgan fingerprint density at radius 1 is 1.27 bits per heavy atom. The van der Waals surface area contributed by atoms with Gasteiger partial charge in [0.15, 0.2) is 5.65 Å². The number of rotatable bonds is 1. The molecule has 0 saturated carbocycles. The van der Waals surface area contributed by atoms with Gasteiger partial charge in [-0.1, -0.05) is 0 Å². The van der Waals surface area contributed by atoms with Gasteiger partial charge in [-0.15, -0.1) is 24.8 Å². The minimum atomic E-state index is 0. The number of hydrogen-bond donors (Lipinski definition) is 1. The zero-order valence-corrected chi connectivity index (χ0v) is 14.3. The van der Waals surface area contributed by atoms with Crippen LogP contribution in [0.2, 0.25) is 0 Å². The lowest BCUT2D eigenvalue weighted by molar-refractivity contribution is 0.0766. The van der Waals surface area contributed by atoms with E-state index in [0.717, 1.165) is 49.3 Å². The molecule has 2 aromatic rings. The van der Waals surface area contributed by atoms with Gasteiger partial charge in [-0.2, -0.15) is 5.10 Å². The van der Waals surface area contributed by atoms with Gasteiger partial charge < -0.3 is 10.2 Å². The molecule has 1 N–H and O–H groups in total. The highest BCUT2D eigenvalue weighted by Crippen LogP contribution is 2.17. The van der Waals surface area contributed by atoms with Crippen LogP contribution >= 0.6 is 24.8 Å². The number of fused-ring (bicyclic) bond motifs is 1. The fraction of sp³-hybridized carbons (Fsp3) is 0.500. The molecular weight excluding hydrogens is 325 g/mol. The molecule has 0 radical (unpaired) electrons. The summed E-state index contributed by atoms with van der Waals surface area (Å²) in [5.41, 5.74) is 2.37. The first-order chi connectivity index (χ1) is 9.66. The van der Waals surface area contributed by atoms with E-state index in [-0.39, 0.29) is 30.7 Å². The summed E-state index contributed by atoms with van der Waals surface area (Å²) >= 11 is 0. The highest BCUT2D eigenvalue weighted by molar-refractivity contribution is 5.97. The first kappa shape index (κ1) is 18.7. The monoisotopic (exact) mass is 345 g/mol. The summed E-state index contributed by atoms with van der Waals surface area (Å²) < 4.78 is 1.74. The number of carbonyl (C=O) groups excluding carboxylic acids is 1. The highest BCUT2D eigenvalue weighted by Gasteiger charge is 2.18. The Balaban J connectivity index is 0.00000121. The summed E-state index contributed by atoms with van der Waals surface area (Å²) in [4.78, 5) is 18.8. The van der Waals surface area contributed by atoms with Crippen molar-refractivity contribution < 1.29 is 4.79 Å². The second kappa shape index (κ2) is 7.76. The lowest BCUT2D eigenvalue weighted by atomic mass is 10.2. The molecule has 0 bridgehead atoms. The van der Waals surface area contributed by atoms with Crippen LogP contribution in [0.3, 0.4) is 0 Å². The van der Waals surface area contributed by atoms with Crippen LogP contribution in [0, 0.1) is 6.92 Å². The fourth-order valence-corrected chi connectivity index (χ4v) is 2.66. The summed E-state index contributed by atoms with van der Waals surface area (Å²) in [6.45, 7) is 5.32. The lowest BCUT2D eigenvalue weighted by Gasteiger charge is -2.19. The molecule has 0 aromatic carbocycles. The molecule has 6 nitrogen and oxygen atoms in total. The van der Waals surface area contributed by atoms with Gasteiger partial charge in [-0.05, 0) is 26.0 Å². The number of hydrogen-bond acceptors (Lipinski definition) is 4. The molecule has 22 heavy (non-hydrogen) atoms. The van der Waals surface area contributed by atoms with Crippen LogP contribution in [-0.4, -0.2) is 51.8 Å². The zero-order chi connectivity index (χ0) is 14.1. The molecule has 8 heteroatoms. The van der Waals surface area contributed by atoms with Crippen LogP contribution in [0.1, 0.15) is 22.5 Å². The Morgan fingerprint density at radius 2 is 2.05 bits per heavy atom. The lowest BCUT2D eigenvalue weighted by Crippen LogP contribution is -2.34. The molecule has 1 aliphatic rings. The zero-order valence-electron chi connectivity index (χ0n) is 12.7. The second-order valence-electron chi connectivity index (χ2n) is 5.20. The predicted molar refractivity (Wildman–Crippen MR) is 91.1 cm³/mol. The number of aromatic nitrogens is 3. The van der Waals surface area contributed by atoms with E-state index in [4.69, 9.17) is 0 Å². The Kier molecular flexibility index (Phi) is 6.59. The van der Waals surface area contributed by atoms with Crippen molar-refractivity contribution in [2.75, 3.05) is 26.2 Å². The van der Waals surface area contributed by atoms with E-state index in [2.05, 4.69) is 15.4 Å². The van der Waals surface area contributed by atoms with E-state index in [9.17, 15) is 4.79 Å². The van der Waals surface area contributed by atoms with Crippen LogP contribution in [0.4, 0.5) is 0 Å². The quantitative estimate of drug-likeness (QED) is 0.851. The first-order valence-corrected chi connectivity index (χ1v) is 6.96. The van der Waals surface area contributed by atoms with Crippen LogP contribution in [-0.2, 0) is 7.05 Å². The predicted octanol–water partition coefficient (Wildman–Crippen LogP) is 1.56. The standard InChI is InChI=1S/C14H19N5O.2ClH/c1-10-12-8-11(9-16-13(12)18(2)17-10)14(20)19-6-3-4-15-5-7-19;;/h8-9,15H,3-7H2,1-2H3;2*1H. The van der Waals surface area contributed by atoms with E-state index in [1.165, 1.54) is 0 Å². The van der Waals surface area contributed by atoms with Gasteiger partial charge in [0.1, 0.15) is 0 Å². The third-order valence-corrected chi connectivity index (χ3v) is 3.74. The number of carbonyl (C=O) groups is 1. The van der Waals surface area contributed by atoms with Crippen molar-refractivity contribution in [3.05, 3.63) is 23.5 Å². The van der Waals surface area contributed by atoms with E-state index in [1.54, 1.807) is 10.9 Å². The van der Waals surface area contributed by atoms with E-state index in [1.807, 2.05) is 24.9 Å². The molecule has 0 atom stereocenters. The van der Waals surface area contributed by atoms with Gasteiger partial charge in [0.25, 0.3) is 5.91 Å². The largest absolute Gasteiger partial charge is 0.337 e. The summed E-state index contributed by atoms with van der Waals surface area (Å²) in [7, 11) is 1.87. The van der Waals surface area contributed by atoms with E-state index < -0.39 is 0 Å². The fourth-order valence-electron chi connectivity index (χ4n) is 2.66. The van der Waals surface area contributed by atoms with Crippen LogP contribution < -0.4 is 5.32 Å². The van der Waals surface area contributed by atoms with Crippen molar-refractivity contribution in [3.63, 3.8) is 0 Å². The highest BCUT2D eigenvalue weighted by atomic mass is 35.5. The van der Waals surface area contributed by atoms with Crippen LogP contribution in [0.5, 0.6) is 0 Å². The smallest absolute Gasteiger partial charge is 0.255 e. The van der Waals surface area contributed by atoms with E-state index in [0.29, 0.717) is 5.56 Å². The SMILES string of the molecule is Cc1nn(C)c2ncc(C(=O)N3CCCNCC3)cc12.Cl.Cl. The third kappa shape index (κ3) is 3.51. The molecule has 0 aliphatic carbocycles. The Hall–Kier alpha value is -1.37. The summed E-state index contributed by atoms with van der Waals surface area (Å²) in [6.07, 6.45) is 2.65. The Labute approximate surface area is 142 Å². The van der Waals surface area contributed by atoms with E-state index >= 15 is 0 Å². The Morgan fingerprint density at radius 3 is 2.82 bits per heavy atom. The average Bonchev–Trinajstić information content (AvgIpc) is 2.65. The summed E-state index contributed by atoms with van der Waals surface area (Å²) in [5.74, 6) is 0.0614. The average molecular weight is 346 g/mol. The molecule has 1 aliphatic heterocycles. The normalized spacial score (nSPS) is 14.9. The van der Waals surface area contributed by atoms with Gasteiger partial charge in [-0.25, -0.2) is 4.98 Å². The molecule has 2 aromatic heterocycles. The van der Waals surface area contributed by atoms with Gasteiger partial charge in [0.05, 0.1) is 11.3 Å². The summed E-state index contributed by atoms with van der Waals surface area (Å²) in [6, 6.07) is 1.91. The molecular formula is C14H21Cl2N5O. The molecule has 3 heterocycles. The van der Waals surface area contributed by atoms with Crippen molar-refractivity contribution in [2.24, 2.45) is 7.05 Å². The molecule has 0 spiro atoms. The van der Waals surface area contributed by atoms with Gasteiger partial charge in [0, 0.05) is 38.3 Å². The number of nitrogens with one attached hydrogen (secondary N) is 1. The topological polar surface area (TPSA) is 63.1 Å². The Bertz CT molecular complexity index is 650. The number of aryl methyl sites for hydroxylation is 2. The van der Waals surface area contributed by atoms with Crippen LogP contribution in [0.25, 0.3) is 11.0 Å². The van der Waals surface area contributed by atoms with Crippen molar-refractivity contribution in [2.45, 2.75) is 13.3 Å². The molecule has 1 amide bonds. The van der Waals surface area contributed by atoms with Gasteiger partial charge >= 0.3 is 0 Å². The molecule has 0 unspecified atom stereocenters. The number of nitrogens with zero attached hydrogens (tertiary/aromatic N) is 4. The van der Waals surface area contributed by atoms with Gasteiger partial charge in [-0.3, -0.25) is 9.48 Å². The molecule has 3 rings (SSSR count). The van der Waals surface area contributed by atoms with Crippen molar-refractivity contribution in [1.29, 1.82) is 0 Å². The molecule has 1 fully saturated rings. The maximum Gasteiger partial charge on any atom is 0.255 e. The number of pyridine rings is 1. The second-order valence-corrected chi connectivity index (χ2v) is 5.20. The minimum Gasteiger partial charge on any atom is -0.337 e. The van der Waals surface area contributed by atoms with Crippen LogP contribution in [0.15, 0.2) is 12.3 Å². The van der Waals surface area contributed by atoms with Crippen molar-refractivity contribution >= 4 is 41.8 Å². The minimum absolute atomic E-state index is 0. The maximum atomic E-state index is 12.5. The third-order valence-electron chi connectivity index (χ3n) is 3.74. The van der Waals surface area contributed by atoms with Gasteiger partial charge in [0.2, 0.25) is 0 Å². The summed E-state index contributed by atoms with van der Waals surface area (Å²) in [5, 5.41) is 8.59.